The number of hydrogen-bond donors (Lipinski definition) is 0. The Morgan fingerprint density at radius 3 is 2.50 bits per heavy atom. The lowest BCUT2D eigenvalue weighted by atomic mass is 10.2. The Kier molecular flexibility index (Phi) is 5.08. The zero-order valence-corrected chi connectivity index (χ0v) is 12.6. The molecule has 0 bridgehead atoms. The number of nitriles is 1. The quantitative estimate of drug-likeness (QED) is 0.590. The second-order valence-corrected chi connectivity index (χ2v) is 5.12. The molecule has 0 saturated heterocycles. The van der Waals surface area contributed by atoms with Crippen molar-refractivity contribution in [1.29, 1.82) is 5.26 Å². The lowest BCUT2D eigenvalue weighted by molar-refractivity contribution is -0.384. The predicted molar refractivity (Wildman–Crippen MR) is 76.7 cm³/mol. The molecule has 1 heterocycles. The van der Waals surface area contributed by atoms with Crippen LogP contribution in [0.3, 0.4) is 0 Å². The van der Waals surface area contributed by atoms with E-state index in [1.165, 1.54) is 0 Å². The molecule has 0 spiro atoms. The fourth-order valence-corrected chi connectivity index (χ4v) is 2.13. The van der Waals surface area contributed by atoms with Crippen molar-refractivity contribution in [3.05, 3.63) is 15.8 Å². The van der Waals surface area contributed by atoms with Crippen LogP contribution in [0.2, 0.25) is 0 Å². The Labute approximate surface area is 118 Å². The van der Waals surface area contributed by atoms with Crippen LogP contribution in [0.15, 0.2) is 0 Å². The minimum Gasteiger partial charge on any atom is -0.350 e. The van der Waals surface area contributed by atoms with Gasteiger partial charge in [-0.1, -0.05) is 0 Å². The van der Waals surface area contributed by atoms with Gasteiger partial charge in [-0.25, -0.2) is 4.68 Å². The monoisotopic (exact) mass is 279 g/mol. The summed E-state index contributed by atoms with van der Waals surface area (Å²) in [6.45, 7) is 10.3. The summed E-state index contributed by atoms with van der Waals surface area (Å²) < 4.78 is 1.67. The van der Waals surface area contributed by atoms with Gasteiger partial charge in [0, 0.05) is 19.1 Å². The highest BCUT2D eigenvalue weighted by molar-refractivity contribution is 5.61. The average molecular weight is 279 g/mol. The smallest absolute Gasteiger partial charge is 0.333 e. The Balaban J connectivity index is 3.38. The van der Waals surface area contributed by atoms with Gasteiger partial charge in [-0.05, 0) is 34.6 Å². The summed E-state index contributed by atoms with van der Waals surface area (Å²) in [6, 6.07) is 2.18. The molecule has 110 valence electrons. The number of aryl methyl sites for hydroxylation is 1. The number of anilines is 1. The zero-order valence-electron chi connectivity index (χ0n) is 12.6. The maximum Gasteiger partial charge on any atom is 0.333 e. The zero-order chi connectivity index (χ0) is 15.4. The molecule has 0 radical (unpaired) electrons. The standard InChI is InChI=1S/C13H21N5O2/c1-6-16(8-10(4)7-14)13-12(18(19)20)11(5)15-17(13)9(2)3/h9-10H,6,8H2,1-5H3. The van der Waals surface area contributed by atoms with Crippen LogP contribution in [-0.2, 0) is 0 Å². The van der Waals surface area contributed by atoms with Crippen LogP contribution >= 0.6 is 0 Å². The van der Waals surface area contributed by atoms with Crippen LogP contribution in [-0.4, -0.2) is 27.8 Å². The van der Waals surface area contributed by atoms with Gasteiger partial charge in [-0.3, -0.25) is 10.1 Å². The minimum atomic E-state index is -0.393. The van der Waals surface area contributed by atoms with E-state index in [-0.39, 0.29) is 17.6 Å². The number of nitro groups is 1. The molecule has 7 heteroatoms. The molecule has 1 unspecified atom stereocenters. The van der Waals surface area contributed by atoms with Crippen molar-refractivity contribution in [3.63, 3.8) is 0 Å². The van der Waals surface area contributed by atoms with Gasteiger partial charge in [0.25, 0.3) is 0 Å². The molecule has 0 aliphatic rings. The van der Waals surface area contributed by atoms with Crippen molar-refractivity contribution in [2.45, 2.75) is 40.7 Å². The summed E-state index contributed by atoms with van der Waals surface area (Å²) in [5, 5.41) is 24.6. The van der Waals surface area contributed by atoms with Gasteiger partial charge in [-0.2, -0.15) is 10.4 Å². The van der Waals surface area contributed by atoms with E-state index in [0.29, 0.717) is 24.6 Å². The summed E-state index contributed by atoms with van der Waals surface area (Å²) in [4.78, 5) is 12.8. The number of hydrogen-bond acceptors (Lipinski definition) is 5. The average Bonchev–Trinajstić information content (AvgIpc) is 2.73. The molecule has 0 fully saturated rings. The van der Waals surface area contributed by atoms with Gasteiger partial charge in [0.05, 0.1) is 16.9 Å². The van der Waals surface area contributed by atoms with E-state index < -0.39 is 4.92 Å². The van der Waals surface area contributed by atoms with Crippen LogP contribution in [0, 0.1) is 34.3 Å². The first-order valence-corrected chi connectivity index (χ1v) is 6.71. The molecule has 20 heavy (non-hydrogen) atoms. The highest BCUT2D eigenvalue weighted by Crippen LogP contribution is 2.34. The molecule has 1 atom stereocenters. The molecule has 0 amide bonds. The second-order valence-electron chi connectivity index (χ2n) is 5.12. The first-order chi connectivity index (χ1) is 9.33. The van der Waals surface area contributed by atoms with Gasteiger partial charge in [0.15, 0.2) is 0 Å². The van der Waals surface area contributed by atoms with Gasteiger partial charge in [-0.15, -0.1) is 0 Å². The third kappa shape index (κ3) is 3.07. The van der Waals surface area contributed by atoms with Crippen molar-refractivity contribution in [1.82, 2.24) is 9.78 Å². The first-order valence-electron chi connectivity index (χ1n) is 6.71. The van der Waals surface area contributed by atoms with E-state index in [2.05, 4.69) is 11.2 Å². The van der Waals surface area contributed by atoms with Crippen molar-refractivity contribution in [3.8, 4) is 6.07 Å². The fraction of sp³-hybridized carbons (Fsp3) is 0.692. The lowest BCUT2D eigenvalue weighted by Gasteiger charge is -2.25. The first kappa shape index (κ1) is 16.0. The maximum absolute atomic E-state index is 11.3. The van der Waals surface area contributed by atoms with Crippen molar-refractivity contribution in [2.75, 3.05) is 18.0 Å². The Morgan fingerprint density at radius 1 is 1.50 bits per heavy atom. The third-order valence-corrected chi connectivity index (χ3v) is 3.10. The van der Waals surface area contributed by atoms with E-state index in [9.17, 15) is 10.1 Å². The summed E-state index contributed by atoms with van der Waals surface area (Å²) in [7, 11) is 0. The third-order valence-electron chi connectivity index (χ3n) is 3.10. The van der Waals surface area contributed by atoms with Crippen molar-refractivity contribution >= 4 is 11.5 Å². The van der Waals surface area contributed by atoms with Crippen molar-refractivity contribution < 1.29 is 4.92 Å². The molecule has 1 aromatic heterocycles. The minimum absolute atomic E-state index is 0.0174. The second kappa shape index (κ2) is 6.37. The predicted octanol–water partition coefficient (Wildman–Crippen LogP) is 2.67. The van der Waals surface area contributed by atoms with Gasteiger partial charge in [0.2, 0.25) is 5.82 Å². The van der Waals surface area contributed by atoms with Gasteiger partial charge >= 0.3 is 5.69 Å². The molecule has 7 nitrogen and oxygen atoms in total. The van der Waals surface area contributed by atoms with Gasteiger partial charge in [0.1, 0.15) is 5.69 Å². The topological polar surface area (TPSA) is 88.0 Å². The number of rotatable bonds is 6. The number of aromatic nitrogens is 2. The molecule has 0 saturated carbocycles. The molecule has 0 aliphatic carbocycles. The number of nitrogens with zero attached hydrogens (tertiary/aromatic N) is 5. The Morgan fingerprint density at radius 2 is 2.10 bits per heavy atom. The van der Waals surface area contributed by atoms with Crippen LogP contribution in [0.1, 0.15) is 39.4 Å². The summed E-state index contributed by atoms with van der Waals surface area (Å²) in [5.74, 6) is 0.289. The molecule has 0 aliphatic heterocycles. The molecular weight excluding hydrogens is 258 g/mol. The largest absolute Gasteiger partial charge is 0.350 e. The lowest BCUT2D eigenvalue weighted by Crippen LogP contribution is -2.31. The molecule has 0 aromatic carbocycles. The Hall–Kier alpha value is -2.10. The van der Waals surface area contributed by atoms with E-state index in [1.807, 2.05) is 25.7 Å². The van der Waals surface area contributed by atoms with Gasteiger partial charge < -0.3 is 4.90 Å². The van der Waals surface area contributed by atoms with Crippen LogP contribution in [0.5, 0.6) is 0 Å². The molecule has 0 N–H and O–H groups in total. The molecular formula is C13H21N5O2. The van der Waals surface area contributed by atoms with Crippen LogP contribution in [0.25, 0.3) is 0 Å². The van der Waals surface area contributed by atoms with Crippen LogP contribution in [0.4, 0.5) is 11.5 Å². The summed E-state index contributed by atoms with van der Waals surface area (Å²) >= 11 is 0. The summed E-state index contributed by atoms with van der Waals surface area (Å²) in [6.07, 6.45) is 0. The summed E-state index contributed by atoms with van der Waals surface area (Å²) in [5.41, 5.74) is 0.437. The van der Waals surface area contributed by atoms with Crippen molar-refractivity contribution in [2.24, 2.45) is 5.92 Å². The highest BCUT2D eigenvalue weighted by atomic mass is 16.6. The van der Waals surface area contributed by atoms with E-state index in [4.69, 9.17) is 5.26 Å². The van der Waals surface area contributed by atoms with Crippen LogP contribution < -0.4 is 4.90 Å². The highest BCUT2D eigenvalue weighted by Gasteiger charge is 2.30. The Bertz CT molecular complexity index is 530. The normalized spacial score (nSPS) is 12.2. The SMILES string of the molecule is CCN(CC(C)C#N)c1c([N+](=O)[O-])c(C)nn1C(C)C. The van der Waals surface area contributed by atoms with E-state index in [0.717, 1.165) is 0 Å². The molecule has 1 aromatic rings. The molecule has 1 rings (SSSR count). The maximum atomic E-state index is 11.3. The fourth-order valence-electron chi connectivity index (χ4n) is 2.13. The van der Waals surface area contributed by atoms with E-state index >= 15 is 0 Å². The van der Waals surface area contributed by atoms with E-state index in [1.54, 1.807) is 18.5 Å².